The van der Waals surface area contributed by atoms with Crippen molar-refractivity contribution < 1.29 is 14.3 Å². The Labute approximate surface area is 121 Å². The molecule has 0 aromatic heterocycles. The molecule has 0 radical (unpaired) electrons. The number of carbonyl (C=O) groups excluding carboxylic acids is 1. The second-order valence-electron chi connectivity index (χ2n) is 5.21. The maximum atomic E-state index is 11.8. The van der Waals surface area contributed by atoms with Gasteiger partial charge in [-0.25, -0.2) is 4.79 Å². The van der Waals surface area contributed by atoms with E-state index < -0.39 is 5.54 Å². The first kappa shape index (κ1) is 16.5. The van der Waals surface area contributed by atoms with Crippen molar-refractivity contribution in [1.29, 1.82) is 0 Å². The third-order valence-corrected chi connectivity index (χ3v) is 3.77. The predicted molar refractivity (Wildman–Crippen MR) is 80.1 cm³/mol. The van der Waals surface area contributed by atoms with Crippen molar-refractivity contribution in [3.8, 4) is 5.75 Å². The van der Waals surface area contributed by atoms with Crippen molar-refractivity contribution in [1.82, 2.24) is 5.32 Å². The van der Waals surface area contributed by atoms with Gasteiger partial charge in [-0.15, -0.1) is 0 Å². The molecule has 0 fully saturated rings. The molecule has 0 amide bonds. The Hall–Kier alpha value is -1.55. The SMILES string of the molecule is CCC(C)c1ccccc1OCC(C)(NC)C(=O)OC. The van der Waals surface area contributed by atoms with Crippen LogP contribution in [0.3, 0.4) is 0 Å². The van der Waals surface area contributed by atoms with Crippen LogP contribution in [0.2, 0.25) is 0 Å². The zero-order valence-electron chi connectivity index (χ0n) is 13.0. The highest BCUT2D eigenvalue weighted by Gasteiger charge is 2.34. The number of rotatable bonds is 7. The quantitative estimate of drug-likeness (QED) is 0.780. The van der Waals surface area contributed by atoms with Crippen molar-refractivity contribution in [3.63, 3.8) is 0 Å². The van der Waals surface area contributed by atoms with Gasteiger partial charge in [0, 0.05) is 0 Å². The highest BCUT2D eigenvalue weighted by molar-refractivity contribution is 5.80. The summed E-state index contributed by atoms with van der Waals surface area (Å²) in [4.78, 5) is 11.8. The van der Waals surface area contributed by atoms with Crippen molar-refractivity contribution in [2.24, 2.45) is 0 Å². The molecule has 4 nitrogen and oxygen atoms in total. The molecule has 1 aromatic carbocycles. The molecular formula is C16H25NO3. The second-order valence-corrected chi connectivity index (χ2v) is 5.21. The van der Waals surface area contributed by atoms with Gasteiger partial charge in [-0.1, -0.05) is 32.0 Å². The first-order chi connectivity index (χ1) is 9.48. The molecule has 2 atom stereocenters. The van der Waals surface area contributed by atoms with E-state index in [4.69, 9.17) is 9.47 Å². The van der Waals surface area contributed by atoms with Crippen molar-refractivity contribution >= 4 is 5.97 Å². The summed E-state index contributed by atoms with van der Waals surface area (Å²) in [6, 6.07) is 7.95. The number of ether oxygens (including phenoxy) is 2. The molecule has 0 aliphatic heterocycles. The third kappa shape index (κ3) is 3.73. The van der Waals surface area contributed by atoms with E-state index >= 15 is 0 Å². The summed E-state index contributed by atoms with van der Waals surface area (Å²) in [6.07, 6.45) is 1.04. The zero-order chi connectivity index (χ0) is 15.2. The Morgan fingerprint density at radius 2 is 2.05 bits per heavy atom. The van der Waals surface area contributed by atoms with Crippen molar-refractivity contribution in [2.75, 3.05) is 20.8 Å². The molecule has 112 valence electrons. The molecule has 2 unspecified atom stereocenters. The lowest BCUT2D eigenvalue weighted by Crippen LogP contribution is -2.52. The largest absolute Gasteiger partial charge is 0.491 e. The summed E-state index contributed by atoms with van der Waals surface area (Å²) in [5.74, 6) is 0.915. The van der Waals surface area contributed by atoms with Crippen molar-refractivity contribution in [3.05, 3.63) is 29.8 Å². The van der Waals surface area contributed by atoms with Crippen molar-refractivity contribution in [2.45, 2.75) is 38.6 Å². The number of hydrogen-bond acceptors (Lipinski definition) is 4. The number of esters is 1. The molecule has 4 heteroatoms. The standard InChI is InChI=1S/C16H25NO3/c1-6-12(2)13-9-7-8-10-14(13)20-11-16(3,17-4)15(18)19-5/h7-10,12,17H,6,11H2,1-5H3. The number of hydrogen-bond donors (Lipinski definition) is 1. The summed E-state index contributed by atoms with van der Waals surface area (Å²) in [7, 11) is 3.10. The average molecular weight is 279 g/mol. The minimum Gasteiger partial charge on any atom is -0.491 e. The minimum atomic E-state index is -0.850. The van der Waals surface area contributed by atoms with E-state index in [2.05, 4.69) is 25.2 Å². The number of nitrogens with one attached hydrogen (secondary N) is 1. The highest BCUT2D eigenvalue weighted by atomic mass is 16.5. The molecule has 0 aliphatic carbocycles. The van der Waals surface area contributed by atoms with Crippen LogP contribution in [0.1, 0.15) is 38.7 Å². The monoisotopic (exact) mass is 279 g/mol. The van der Waals surface area contributed by atoms with Gasteiger partial charge in [0.05, 0.1) is 7.11 Å². The van der Waals surface area contributed by atoms with Crippen LogP contribution in [-0.2, 0) is 9.53 Å². The maximum Gasteiger partial charge on any atom is 0.329 e. The Morgan fingerprint density at radius 3 is 2.60 bits per heavy atom. The van der Waals surface area contributed by atoms with E-state index in [1.165, 1.54) is 12.7 Å². The molecule has 0 bridgehead atoms. The fourth-order valence-electron chi connectivity index (χ4n) is 1.92. The van der Waals surface area contributed by atoms with Gasteiger partial charge in [-0.2, -0.15) is 0 Å². The van der Waals surface area contributed by atoms with Gasteiger partial charge < -0.3 is 14.8 Å². The van der Waals surface area contributed by atoms with Gasteiger partial charge >= 0.3 is 5.97 Å². The topological polar surface area (TPSA) is 47.6 Å². The summed E-state index contributed by atoms with van der Waals surface area (Å²) >= 11 is 0. The second kappa shape index (κ2) is 7.29. The Bertz CT molecular complexity index is 447. The minimum absolute atomic E-state index is 0.226. The van der Waals surface area contributed by atoms with Gasteiger partial charge in [-0.3, -0.25) is 0 Å². The first-order valence-corrected chi connectivity index (χ1v) is 6.97. The lowest BCUT2D eigenvalue weighted by molar-refractivity contribution is -0.148. The number of methoxy groups -OCH3 is 1. The predicted octanol–water partition coefficient (Wildman–Crippen LogP) is 2.73. The molecular weight excluding hydrogens is 254 g/mol. The molecule has 0 heterocycles. The lowest BCUT2D eigenvalue weighted by atomic mass is 9.97. The van der Waals surface area contributed by atoms with E-state index in [1.54, 1.807) is 14.0 Å². The number of para-hydroxylation sites is 1. The molecule has 20 heavy (non-hydrogen) atoms. The Balaban J connectivity index is 2.86. The Morgan fingerprint density at radius 1 is 1.40 bits per heavy atom. The smallest absolute Gasteiger partial charge is 0.329 e. The van der Waals surface area contributed by atoms with Crippen LogP contribution in [-0.4, -0.2) is 32.3 Å². The van der Waals surface area contributed by atoms with Crippen LogP contribution in [0.4, 0.5) is 0 Å². The molecule has 0 spiro atoms. The first-order valence-electron chi connectivity index (χ1n) is 6.97. The lowest BCUT2D eigenvalue weighted by Gasteiger charge is -2.27. The fourth-order valence-corrected chi connectivity index (χ4v) is 1.92. The molecule has 1 N–H and O–H groups in total. The fraction of sp³-hybridized carbons (Fsp3) is 0.562. The van der Waals surface area contributed by atoms with E-state index in [1.807, 2.05) is 18.2 Å². The van der Waals surface area contributed by atoms with Gasteiger partial charge in [0.2, 0.25) is 0 Å². The summed E-state index contributed by atoms with van der Waals surface area (Å²) in [6.45, 7) is 6.31. The summed E-state index contributed by atoms with van der Waals surface area (Å²) < 4.78 is 10.7. The molecule has 0 aliphatic rings. The van der Waals surface area contributed by atoms with E-state index in [9.17, 15) is 4.79 Å². The molecule has 0 saturated carbocycles. The van der Waals surface area contributed by atoms with Crippen LogP contribution in [0.25, 0.3) is 0 Å². The normalized spacial score (nSPS) is 15.2. The van der Waals surface area contributed by atoms with Gasteiger partial charge in [0.1, 0.15) is 17.9 Å². The molecule has 1 aromatic rings. The maximum absolute atomic E-state index is 11.8. The van der Waals surface area contributed by atoms with Gasteiger partial charge in [0.25, 0.3) is 0 Å². The number of carbonyl (C=O) groups is 1. The van der Waals surface area contributed by atoms with Crippen LogP contribution < -0.4 is 10.1 Å². The number of benzene rings is 1. The van der Waals surface area contributed by atoms with Crippen LogP contribution in [0.5, 0.6) is 5.75 Å². The van der Waals surface area contributed by atoms with E-state index in [0.29, 0.717) is 5.92 Å². The molecule has 0 saturated heterocycles. The Kier molecular flexibility index (Phi) is 6.02. The van der Waals surface area contributed by atoms with Crippen LogP contribution >= 0.6 is 0 Å². The van der Waals surface area contributed by atoms with Gasteiger partial charge in [0.15, 0.2) is 0 Å². The average Bonchev–Trinajstić information content (AvgIpc) is 2.51. The van der Waals surface area contributed by atoms with Crippen LogP contribution in [0, 0.1) is 0 Å². The number of likely N-dealkylation sites (N-methyl/N-ethyl adjacent to an activating group) is 1. The summed E-state index contributed by atoms with van der Waals surface area (Å²) in [5, 5.41) is 2.96. The van der Waals surface area contributed by atoms with E-state index in [-0.39, 0.29) is 12.6 Å². The molecule has 1 rings (SSSR count). The third-order valence-electron chi connectivity index (χ3n) is 3.77. The van der Waals surface area contributed by atoms with Crippen LogP contribution in [0.15, 0.2) is 24.3 Å². The highest BCUT2D eigenvalue weighted by Crippen LogP contribution is 2.28. The zero-order valence-corrected chi connectivity index (χ0v) is 13.0. The van der Waals surface area contributed by atoms with Gasteiger partial charge in [-0.05, 0) is 37.9 Å². The van der Waals surface area contributed by atoms with E-state index in [0.717, 1.165) is 12.2 Å². The summed E-state index contributed by atoms with van der Waals surface area (Å²) in [5.41, 5.74) is 0.315.